The number of hydrogen-bond donors (Lipinski definition) is 1. The molecule has 1 aliphatic heterocycles. The normalized spacial score (nSPS) is 13.6. The molecule has 1 aliphatic rings. The molecule has 3 heterocycles. The third-order valence-corrected chi connectivity index (χ3v) is 6.29. The van der Waals surface area contributed by atoms with Gasteiger partial charge < -0.3 is 19.9 Å². The number of methoxy groups -OCH3 is 1. The Kier molecular flexibility index (Phi) is 6.70. The molecule has 178 valence electrons. The second kappa shape index (κ2) is 10.4. The Labute approximate surface area is 204 Å². The molecule has 35 heavy (non-hydrogen) atoms. The number of aromatic nitrogens is 3. The van der Waals surface area contributed by atoms with Gasteiger partial charge >= 0.3 is 0 Å². The van der Waals surface area contributed by atoms with E-state index in [0.29, 0.717) is 18.7 Å². The van der Waals surface area contributed by atoms with Gasteiger partial charge in [0.25, 0.3) is 5.91 Å². The number of ether oxygens (including phenoxy) is 1. The quantitative estimate of drug-likeness (QED) is 0.445. The highest BCUT2D eigenvalue weighted by Gasteiger charge is 2.23. The second-order valence-corrected chi connectivity index (χ2v) is 8.42. The Hall–Kier alpha value is -4.20. The fourth-order valence-corrected chi connectivity index (χ4v) is 4.39. The van der Waals surface area contributed by atoms with Crippen molar-refractivity contribution in [2.24, 2.45) is 0 Å². The van der Waals surface area contributed by atoms with E-state index >= 15 is 0 Å². The summed E-state index contributed by atoms with van der Waals surface area (Å²) < 4.78 is 5.27. The SMILES string of the molecule is COc1ccc(N2CCN(c3nnc(C(=O)NCCc4ccccn4)c4ccccc34)CC2)cc1. The maximum absolute atomic E-state index is 12.9. The summed E-state index contributed by atoms with van der Waals surface area (Å²) in [5.74, 6) is 1.45. The van der Waals surface area contributed by atoms with Crippen LogP contribution in [-0.2, 0) is 6.42 Å². The zero-order chi connectivity index (χ0) is 24.0. The molecule has 0 bridgehead atoms. The van der Waals surface area contributed by atoms with Crippen molar-refractivity contribution in [1.29, 1.82) is 0 Å². The van der Waals surface area contributed by atoms with Crippen molar-refractivity contribution in [3.05, 3.63) is 84.3 Å². The van der Waals surface area contributed by atoms with Gasteiger partial charge in [-0.3, -0.25) is 9.78 Å². The van der Waals surface area contributed by atoms with Crippen LogP contribution in [0.1, 0.15) is 16.2 Å². The molecule has 1 fully saturated rings. The summed E-state index contributed by atoms with van der Waals surface area (Å²) in [6.07, 6.45) is 2.42. The molecular formula is C27H28N6O2. The summed E-state index contributed by atoms with van der Waals surface area (Å²) in [5, 5.41) is 13.6. The minimum atomic E-state index is -0.222. The summed E-state index contributed by atoms with van der Waals surface area (Å²) in [7, 11) is 1.68. The van der Waals surface area contributed by atoms with Crippen molar-refractivity contribution < 1.29 is 9.53 Å². The van der Waals surface area contributed by atoms with Gasteiger partial charge in [0.2, 0.25) is 0 Å². The predicted octanol–water partition coefficient (Wildman–Crippen LogP) is 3.33. The van der Waals surface area contributed by atoms with E-state index in [1.54, 1.807) is 13.3 Å². The summed E-state index contributed by atoms with van der Waals surface area (Å²) in [6, 6.07) is 21.8. The zero-order valence-electron chi connectivity index (χ0n) is 19.7. The first kappa shape index (κ1) is 22.6. The van der Waals surface area contributed by atoms with Crippen LogP contribution in [0.15, 0.2) is 72.9 Å². The zero-order valence-corrected chi connectivity index (χ0v) is 19.7. The summed E-state index contributed by atoms with van der Waals surface area (Å²) >= 11 is 0. The van der Waals surface area contributed by atoms with Crippen molar-refractivity contribution in [1.82, 2.24) is 20.5 Å². The van der Waals surface area contributed by atoms with Crippen molar-refractivity contribution in [2.75, 3.05) is 49.6 Å². The third kappa shape index (κ3) is 5.01. The van der Waals surface area contributed by atoms with Crippen molar-refractivity contribution in [3.63, 3.8) is 0 Å². The fourth-order valence-electron chi connectivity index (χ4n) is 4.39. The smallest absolute Gasteiger partial charge is 0.272 e. The number of pyridine rings is 1. The Morgan fingerprint density at radius 1 is 0.886 bits per heavy atom. The average Bonchev–Trinajstić information content (AvgIpc) is 2.93. The number of carbonyl (C=O) groups excluding carboxylic acids is 1. The lowest BCUT2D eigenvalue weighted by Gasteiger charge is -2.37. The molecule has 0 atom stereocenters. The average molecular weight is 469 g/mol. The molecule has 5 rings (SSSR count). The van der Waals surface area contributed by atoms with Crippen LogP contribution in [0, 0.1) is 0 Å². The van der Waals surface area contributed by atoms with Crippen LogP contribution in [0.5, 0.6) is 5.75 Å². The van der Waals surface area contributed by atoms with Gasteiger partial charge in [0, 0.05) is 67.5 Å². The van der Waals surface area contributed by atoms with Crippen LogP contribution in [0.3, 0.4) is 0 Å². The number of hydrogen-bond acceptors (Lipinski definition) is 7. The minimum Gasteiger partial charge on any atom is -0.497 e. The molecule has 0 aliphatic carbocycles. The third-order valence-electron chi connectivity index (χ3n) is 6.29. The number of nitrogens with one attached hydrogen (secondary N) is 1. The monoisotopic (exact) mass is 468 g/mol. The Balaban J connectivity index is 1.28. The lowest BCUT2D eigenvalue weighted by molar-refractivity contribution is 0.0950. The molecule has 0 radical (unpaired) electrons. The van der Waals surface area contributed by atoms with Crippen LogP contribution >= 0.6 is 0 Å². The summed E-state index contributed by atoms with van der Waals surface area (Å²) in [5.41, 5.74) is 2.47. The number of benzene rings is 2. The lowest BCUT2D eigenvalue weighted by atomic mass is 10.1. The van der Waals surface area contributed by atoms with Gasteiger partial charge in [-0.2, -0.15) is 0 Å². The van der Waals surface area contributed by atoms with E-state index in [-0.39, 0.29) is 5.91 Å². The highest BCUT2D eigenvalue weighted by molar-refractivity contribution is 6.07. The van der Waals surface area contributed by atoms with Crippen molar-refractivity contribution >= 4 is 28.2 Å². The number of rotatable bonds is 7. The van der Waals surface area contributed by atoms with Crippen LogP contribution in [-0.4, -0.2) is 60.9 Å². The van der Waals surface area contributed by atoms with Gasteiger partial charge in [-0.05, 0) is 36.4 Å². The molecule has 8 heteroatoms. The Morgan fingerprint density at radius 2 is 1.60 bits per heavy atom. The highest BCUT2D eigenvalue weighted by Crippen LogP contribution is 2.28. The first-order chi connectivity index (χ1) is 17.2. The van der Waals surface area contributed by atoms with E-state index in [4.69, 9.17) is 4.74 Å². The van der Waals surface area contributed by atoms with Crippen molar-refractivity contribution in [3.8, 4) is 5.75 Å². The maximum atomic E-state index is 12.9. The first-order valence-electron chi connectivity index (χ1n) is 11.8. The highest BCUT2D eigenvalue weighted by atomic mass is 16.5. The molecule has 0 unspecified atom stereocenters. The van der Waals surface area contributed by atoms with E-state index in [1.165, 1.54) is 5.69 Å². The number of carbonyl (C=O) groups is 1. The van der Waals surface area contributed by atoms with Gasteiger partial charge in [-0.15, -0.1) is 10.2 Å². The number of anilines is 2. The van der Waals surface area contributed by atoms with E-state index in [0.717, 1.165) is 54.2 Å². The molecule has 8 nitrogen and oxygen atoms in total. The molecule has 2 aromatic carbocycles. The van der Waals surface area contributed by atoms with E-state index < -0.39 is 0 Å². The van der Waals surface area contributed by atoms with Gasteiger partial charge in [0.15, 0.2) is 11.5 Å². The molecule has 2 aromatic heterocycles. The molecule has 1 amide bonds. The van der Waals surface area contributed by atoms with E-state index in [1.807, 2.05) is 54.6 Å². The largest absolute Gasteiger partial charge is 0.497 e. The van der Waals surface area contributed by atoms with Gasteiger partial charge in [-0.25, -0.2) is 0 Å². The van der Waals surface area contributed by atoms with E-state index in [2.05, 4.69) is 42.4 Å². The topological polar surface area (TPSA) is 83.5 Å². The number of piperazine rings is 1. The standard InChI is InChI=1S/C27H28N6O2/c1-35-22-11-9-21(10-12-22)32-16-18-33(19-17-32)26-24-8-3-2-7-23(24)25(30-31-26)27(34)29-15-13-20-6-4-5-14-28-20/h2-12,14H,13,15-19H2,1H3,(H,29,34). The van der Waals surface area contributed by atoms with Crippen LogP contribution in [0.2, 0.25) is 0 Å². The molecule has 0 saturated carbocycles. The maximum Gasteiger partial charge on any atom is 0.272 e. The van der Waals surface area contributed by atoms with Crippen molar-refractivity contribution in [2.45, 2.75) is 6.42 Å². The Morgan fingerprint density at radius 3 is 2.31 bits per heavy atom. The first-order valence-corrected chi connectivity index (χ1v) is 11.8. The second-order valence-electron chi connectivity index (χ2n) is 8.42. The molecule has 4 aromatic rings. The van der Waals surface area contributed by atoms with Crippen LogP contribution in [0.25, 0.3) is 10.8 Å². The van der Waals surface area contributed by atoms with Crippen LogP contribution in [0.4, 0.5) is 11.5 Å². The van der Waals surface area contributed by atoms with Gasteiger partial charge in [-0.1, -0.05) is 30.3 Å². The lowest BCUT2D eigenvalue weighted by Crippen LogP contribution is -2.47. The number of nitrogens with zero attached hydrogens (tertiary/aromatic N) is 5. The molecular weight excluding hydrogens is 440 g/mol. The minimum absolute atomic E-state index is 0.222. The Bertz CT molecular complexity index is 1290. The molecule has 1 saturated heterocycles. The summed E-state index contributed by atoms with van der Waals surface area (Å²) in [4.78, 5) is 21.8. The summed E-state index contributed by atoms with van der Waals surface area (Å²) in [6.45, 7) is 3.87. The van der Waals surface area contributed by atoms with Gasteiger partial charge in [0.05, 0.1) is 7.11 Å². The fraction of sp³-hybridized carbons (Fsp3) is 0.259. The number of fused-ring (bicyclic) bond motifs is 1. The van der Waals surface area contributed by atoms with Crippen LogP contribution < -0.4 is 19.9 Å². The van der Waals surface area contributed by atoms with Gasteiger partial charge in [0.1, 0.15) is 5.75 Å². The molecule has 0 spiro atoms. The van der Waals surface area contributed by atoms with E-state index in [9.17, 15) is 4.79 Å². The predicted molar refractivity (Wildman–Crippen MR) is 137 cm³/mol. The number of amides is 1. The molecule has 1 N–H and O–H groups in total.